The second-order valence-corrected chi connectivity index (χ2v) is 8.09. The average molecular weight is 413 g/mol. The first-order valence-electron chi connectivity index (χ1n) is 11.8. The molecule has 0 saturated carbocycles. The van der Waals surface area contributed by atoms with Crippen molar-refractivity contribution in [1.82, 2.24) is 25.0 Å². The summed E-state index contributed by atoms with van der Waals surface area (Å²) in [7, 11) is 0. The number of benzene rings is 1. The summed E-state index contributed by atoms with van der Waals surface area (Å²) in [6.07, 6.45) is 5.66. The van der Waals surface area contributed by atoms with Crippen LogP contribution in [0.15, 0.2) is 41.5 Å². The molecule has 1 saturated heterocycles. The monoisotopic (exact) mass is 412 g/mol. The van der Waals surface area contributed by atoms with Crippen LogP contribution < -0.4 is 10.6 Å². The van der Waals surface area contributed by atoms with Crippen LogP contribution in [0.5, 0.6) is 0 Å². The summed E-state index contributed by atoms with van der Waals surface area (Å²) in [5.74, 6) is 0.950. The summed E-state index contributed by atoms with van der Waals surface area (Å²) in [4.78, 5) is 9.91. The van der Waals surface area contributed by atoms with Crippen molar-refractivity contribution in [2.75, 3.05) is 58.9 Å². The van der Waals surface area contributed by atoms with Crippen molar-refractivity contribution < 1.29 is 0 Å². The molecule has 30 heavy (non-hydrogen) atoms. The first-order valence-corrected chi connectivity index (χ1v) is 11.8. The van der Waals surface area contributed by atoms with Crippen molar-refractivity contribution in [3.8, 4) is 0 Å². The summed E-state index contributed by atoms with van der Waals surface area (Å²) in [5.41, 5.74) is 1.31. The number of guanidine groups is 1. The molecule has 1 aromatic heterocycles. The summed E-state index contributed by atoms with van der Waals surface area (Å²) >= 11 is 0. The van der Waals surface area contributed by atoms with Crippen LogP contribution in [0.3, 0.4) is 0 Å². The smallest absolute Gasteiger partial charge is 0.191 e. The fourth-order valence-corrected chi connectivity index (χ4v) is 4.11. The van der Waals surface area contributed by atoms with Crippen molar-refractivity contribution in [3.63, 3.8) is 0 Å². The van der Waals surface area contributed by atoms with Gasteiger partial charge in [0.25, 0.3) is 0 Å². The van der Waals surface area contributed by atoms with Crippen LogP contribution in [-0.2, 0) is 6.54 Å². The van der Waals surface area contributed by atoms with Gasteiger partial charge >= 0.3 is 0 Å². The van der Waals surface area contributed by atoms with Gasteiger partial charge in [-0.2, -0.15) is 0 Å². The van der Waals surface area contributed by atoms with Crippen molar-refractivity contribution in [2.45, 2.75) is 39.7 Å². The number of rotatable bonds is 11. The van der Waals surface area contributed by atoms with E-state index in [1.807, 2.05) is 0 Å². The van der Waals surface area contributed by atoms with E-state index in [1.54, 1.807) is 0 Å². The lowest BCUT2D eigenvalue weighted by molar-refractivity contribution is 0.136. The Labute approximate surface area is 182 Å². The molecule has 0 bridgehead atoms. The number of nitrogens with zero attached hydrogens (tertiary/aromatic N) is 4. The van der Waals surface area contributed by atoms with Crippen molar-refractivity contribution >= 4 is 16.9 Å². The maximum absolute atomic E-state index is 4.76. The third kappa shape index (κ3) is 7.03. The largest absolute Gasteiger partial charge is 0.357 e. The van der Waals surface area contributed by atoms with E-state index in [1.165, 1.54) is 63.0 Å². The predicted molar refractivity (Wildman–Crippen MR) is 128 cm³/mol. The minimum Gasteiger partial charge on any atom is -0.357 e. The van der Waals surface area contributed by atoms with Gasteiger partial charge in [-0.05, 0) is 56.8 Å². The molecule has 1 aliphatic heterocycles. The van der Waals surface area contributed by atoms with E-state index in [0.29, 0.717) is 0 Å². The number of hydrogen-bond acceptors (Lipinski definition) is 3. The van der Waals surface area contributed by atoms with Gasteiger partial charge in [-0.25, -0.2) is 0 Å². The van der Waals surface area contributed by atoms with Crippen molar-refractivity contribution in [1.29, 1.82) is 0 Å². The molecule has 0 aliphatic carbocycles. The fourth-order valence-electron chi connectivity index (χ4n) is 4.11. The van der Waals surface area contributed by atoms with Crippen LogP contribution in [0.1, 0.15) is 33.1 Å². The third-order valence-corrected chi connectivity index (χ3v) is 5.96. The Hall–Kier alpha value is -2.05. The Morgan fingerprint density at radius 2 is 1.70 bits per heavy atom. The number of nitrogens with one attached hydrogen (secondary N) is 2. The van der Waals surface area contributed by atoms with Gasteiger partial charge in [-0.15, -0.1) is 0 Å². The van der Waals surface area contributed by atoms with Crippen LogP contribution >= 0.6 is 0 Å². The molecule has 0 spiro atoms. The number of piperazine rings is 1. The average Bonchev–Trinajstić information content (AvgIpc) is 3.20. The topological polar surface area (TPSA) is 47.8 Å². The molecule has 0 unspecified atom stereocenters. The lowest BCUT2D eigenvalue weighted by Crippen LogP contribution is -2.46. The third-order valence-electron chi connectivity index (χ3n) is 5.96. The normalized spacial score (nSPS) is 16.3. The predicted octanol–water partition coefficient (Wildman–Crippen LogP) is 3.00. The van der Waals surface area contributed by atoms with Gasteiger partial charge in [0, 0.05) is 64.1 Å². The van der Waals surface area contributed by atoms with Gasteiger partial charge in [-0.1, -0.05) is 25.1 Å². The molecular formula is C24H40N6. The number of hydrogen-bond donors (Lipinski definition) is 2. The van der Waals surface area contributed by atoms with E-state index in [0.717, 1.165) is 38.6 Å². The maximum atomic E-state index is 4.76. The molecule has 0 amide bonds. The Kier molecular flexibility index (Phi) is 9.51. The quantitative estimate of drug-likeness (QED) is 0.338. The Morgan fingerprint density at radius 1 is 0.900 bits per heavy atom. The van der Waals surface area contributed by atoms with E-state index >= 15 is 0 Å². The molecule has 0 atom stereocenters. The minimum absolute atomic E-state index is 0.837. The number of para-hydroxylation sites is 1. The Morgan fingerprint density at radius 3 is 2.50 bits per heavy atom. The van der Waals surface area contributed by atoms with Crippen LogP contribution in [0.25, 0.3) is 10.9 Å². The van der Waals surface area contributed by atoms with Gasteiger partial charge in [0.2, 0.25) is 0 Å². The molecule has 3 rings (SSSR count). The highest BCUT2D eigenvalue weighted by molar-refractivity contribution is 5.80. The lowest BCUT2D eigenvalue weighted by atomic mass is 10.2. The fraction of sp³-hybridized carbons (Fsp3) is 0.625. The first kappa shape index (κ1) is 22.6. The Balaban J connectivity index is 1.31. The molecule has 1 fully saturated rings. The highest BCUT2D eigenvalue weighted by atomic mass is 15.3. The highest BCUT2D eigenvalue weighted by Gasteiger charge is 2.14. The molecule has 166 valence electrons. The Bertz CT molecular complexity index is 760. The van der Waals surface area contributed by atoms with Crippen molar-refractivity contribution in [2.24, 2.45) is 4.99 Å². The summed E-state index contributed by atoms with van der Waals surface area (Å²) in [6.45, 7) is 15.4. The number of likely N-dealkylation sites (N-methyl/N-ethyl adjacent to an activating group) is 1. The standard InChI is InChI=1S/C24H40N6/c1-3-25-24(26-13-7-8-15-29-20-18-28(4-2)19-21-29)27-14-9-16-30-17-12-22-10-5-6-11-23(22)30/h5-6,10-12,17H,3-4,7-9,13-16,18-21H2,1-2H3,(H2,25,26,27). The number of aliphatic imine (C=N–C) groups is 1. The molecule has 2 aromatic rings. The minimum atomic E-state index is 0.837. The van der Waals surface area contributed by atoms with E-state index < -0.39 is 0 Å². The molecule has 6 nitrogen and oxygen atoms in total. The molecule has 2 N–H and O–H groups in total. The van der Waals surface area contributed by atoms with E-state index in [4.69, 9.17) is 4.99 Å². The van der Waals surface area contributed by atoms with Gasteiger partial charge in [-0.3, -0.25) is 4.99 Å². The highest BCUT2D eigenvalue weighted by Crippen LogP contribution is 2.15. The van der Waals surface area contributed by atoms with Crippen LogP contribution in [0, 0.1) is 0 Å². The van der Waals surface area contributed by atoms with Crippen molar-refractivity contribution in [3.05, 3.63) is 36.5 Å². The van der Waals surface area contributed by atoms with E-state index in [2.05, 4.69) is 75.4 Å². The number of aromatic nitrogens is 1. The number of fused-ring (bicyclic) bond motifs is 1. The van der Waals surface area contributed by atoms with Crippen LogP contribution in [0.4, 0.5) is 0 Å². The van der Waals surface area contributed by atoms with E-state index in [9.17, 15) is 0 Å². The summed E-state index contributed by atoms with van der Waals surface area (Å²) in [6, 6.07) is 10.7. The van der Waals surface area contributed by atoms with Gasteiger partial charge in [0.05, 0.1) is 0 Å². The van der Waals surface area contributed by atoms with Gasteiger partial charge in [0.15, 0.2) is 5.96 Å². The van der Waals surface area contributed by atoms with Crippen LogP contribution in [0.2, 0.25) is 0 Å². The summed E-state index contributed by atoms with van der Waals surface area (Å²) in [5, 5.41) is 8.19. The second kappa shape index (κ2) is 12.6. The zero-order chi connectivity index (χ0) is 21.0. The zero-order valence-electron chi connectivity index (χ0n) is 18.9. The zero-order valence-corrected chi connectivity index (χ0v) is 18.9. The molecule has 1 aromatic carbocycles. The maximum Gasteiger partial charge on any atom is 0.191 e. The second-order valence-electron chi connectivity index (χ2n) is 8.09. The molecule has 2 heterocycles. The summed E-state index contributed by atoms with van der Waals surface area (Å²) < 4.78 is 2.32. The molecule has 1 aliphatic rings. The number of aryl methyl sites for hydroxylation is 1. The van der Waals surface area contributed by atoms with Gasteiger partial charge < -0.3 is 25.0 Å². The van der Waals surface area contributed by atoms with Gasteiger partial charge in [0.1, 0.15) is 0 Å². The first-order chi connectivity index (χ1) is 14.8. The number of unbranched alkanes of at least 4 members (excludes halogenated alkanes) is 1. The molecule has 0 radical (unpaired) electrons. The van der Waals surface area contributed by atoms with E-state index in [-0.39, 0.29) is 0 Å². The molecule has 6 heteroatoms. The van der Waals surface area contributed by atoms with Crippen LogP contribution in [-0.4, -0.2) is 79.2 Å². The SMILES string of the molecule is CCNC(=NCCCn1ccc2ccccc21)NCCCCN1CCN(CC)CC1. The molecular weight excluding hydrogens is 372 g/mol. The lowest BCUT2D eigenvalue weighted by Gasteiger charge is -2.34.